The highest BCUT2D eigenvalue weighted by Gasteiger charge is 2.15. The van der Waals surface area contributed by atoms with Crippen LogP contribution in [-0.2, 0) is 11.3 Å². The summed E-state index contributed by atoms with van der Waals surface area (Å²) < 4.78 is 2.04. The van der Waals surface area contributed by atoms with Crippen molar-refractivity contribution in [2.24, 2.45) is 5.92 Å². The zero-order valence-corrected chi connectivity index (χ0v) is 13.1. The third-order valence-electron chi connectivity index (χ3n) is 3.70. The van der Waals surface area contributed by atoms with Crippen LogP contribution in [0, 0.1) is 19.8 Å². The second-order valence-electron chi connectivity index (χ2n) is 5.77. The molecule has 2 aromatic heterocycles. The molecule has 0 unspecified atom stereocenters. The molecule has 2 rings (SSSR count). The molecule has 2 heterocycles. The minimum Gasteiger partial charge on any atom is -0.383 e. The van der Waals surface area contributed by atoms with E-state index in [1.165, 1.54) is 6.33 Å². The van der Waals surface area contributed by atoms with Crippen LogP contribution < -0.4 is 11.1 Å². The summed E-state index contributed by atoms with van der Waals surface area (Å²) >= 11 is 0. The van der Waals surface area contributed by atoms with Gasteiger partial charge < -0.3 is 15.6 Å². The number of nitrogens with two attached hydrogens (primary N) is 1. The molecule has 6 nitrogen and oxygen atoms in total. The zero-order valence-electron chi connectivity index (χ0n) is 13.1. The summed E-state index contributed by atoms with van der Waals surface area (Å²) in [5.74, 6) is 1.01. The van der Waals surface area contributed by atoms with Crippen molar-refractivity contribution in [2.75, 3.05) is 12.3 Å². The van der Waals surface area contributed by atoms with Gasteiger partial charge in [-0.1, -0.05) is 13.8 Å². The molecule has 0 atom stereocenters. The van der Waals surface area contributed by atoms with Crippen LogP contribution >= 0.6 is 0 Å². The molecule has 21 heavy (non-hydrogen) atoms. The first-order valence-corrected chi connectivity index (χ1v) is 7.24. The van der Waals surface area contributed by atoms with E-state index in [1.54, 1.807) is 0 Å². The molecule has 2 aromatic rings. The van der Waals surface area contributed by atoms with Gasteiger partial charge in [-0.15, -0.1) is 0 Å². The van der Waals surface area contributed by atoms with Gasteiger partial charge in [-0.05, 0) is 25.3 Å². The molecule has 0 aliphatic carbocycles. The second-order valence-corrected chi connectivity index (χ2v) is 5.77. The fourth-order valence-corrected chi connectivity index (χ4v) is 2.39. The molecule has 1 amide bonds. The van der Waals surface area contributed by atoms with Crippen molar-refractivity contribution in [1.82, 2.24) is 19.9 Å². The lowest BCUT2D eigenvalue weighted by Crippen LogP contribution is -2.28. The first-order valence-electron chi connectivity index (χ1n) is 7.24. The predicted molar refractivity (Wildman–Crippen MR) is 83.9 cm³/mol. The monoisotopic (exact) mass is 289 g/mol. The van der Waals surface area contributed by atoms with E-state index in [0.29, 0.717) is 31.2 Å². The van der Waals surface area contributed by atoms with Gasteiger partial charge in [0.1, 0.15) is 17.8 Å². The van der Waals surface area contributed by atoms with Crippen molar-refractivity contribution < 1.29 is 4.79 Å². The number of anilines is 1. The SMILES string of the molecule is Cc1c(C)n(CCC(=O)NCC(C)C)c2ncnc(N)c12. The summed E-state index contributed by atoms with van der Waals surface area (Å²) in [6.45, 7) is 9.48. The first-order chi connectivity index (χ1) is 9.91. The van der Waals surface area contributed by atoms with Gasteiger partial charge in [0.05, 0.1) is 5.39 Å². The number of carbonyl (C=O) groups is 1. The van der Waals surface area contributed by atoms with Crippen LogP contribution in [0.4, 0.5) is 5.82 Å². The van der Waals surface area contributed by atoms with E-state index in [-0.39, 0.29) is 5.91 Å². The summed E-state index contributed by atoms with van der Waals surface area (Å²) in [7, 11) is 0. The van der Waals surface area contributed by atoms with E-state index in [2.05, 4.69) is 29.1 Å². The Morgan fingerprint density at radius 2 is 2.10 bits per heavy atom. The number of nitrogens with one attached hydrogen (secondary N) is 1. The van der Waals surface area contributed by atoms with Gasteiger partial charge in [-0.2, -0.15) is 0 Å². The van der Waals surface area contributed by atoms with Gasteiger partial charge in [0.15, 0.2) is 0 Å². The number of amides is 1. The molecule has 0 saturated heterocycles. The highest BCUT2D eigenvalue weighted by molar-refractivity contribution is 5.90. The van der Waals surface area contributed by atoms with Gasteiger partial charge in [0.2, 0.25) is 5.91 Å². The lowest BCUT2D eigenvalue weighted by molar-refractivity contribution is -0.121. The minimum absolute atomic E-state index is 0.0598. The fourth-order valence-electron chi connectivity index (χ4n) is 2.39. The van der Waals surface area contributed by atoms with Crippen LogP contribution in [0.5, 0.6) is 0 Å². The third kappa shape index (κ3) is 3.15. The van der Waals surface area contributed by atoms with Crippen LogP contribution in [0.25, 0.3) is 11.0 Å². The average Bonchev–Trinajstić information content (AvgIpc) is 2.68. The molecule has 0 bridgehead atoms. The molecular weight excluding hydrogens is 266 g/mol. The van der Waals surface area contributed by atoms with Crippen molar-refractivity contribution in [2.45, 2.75) is 40.7 Å². The Bertz CT molecular complexity index is 660. The van der Waals surface area contributed by atoms with Crippen molar-refractivity contribution in [1.29, 1.82) is 0 Å². The van der Waals surface area contributed by atoms with Crippen LogP contribution in [0.2, 0.25) is 0 Å². The smallest absolute Gasteiger partial charge is 0.221 e. The normalized spacial score (nSPS) is 11.3. The summed E-state index contributed by atoms with van der Waals surface area (Å²) in [5.41, 5.74) is 8.88. The van der Waals surface area contributed by atoms with Crippen LogP contribution in [0.1, 0.15) is 31.5 Å². The van der Waals surface area contributed by atoms with E-state index in [1.807, 2.05) is 18.4 Å². The maximum Gasteiger partial charge on any atom is 0.221 e. The average molecular weight is 289 g/mol. The van der Waals surface area contributed by atoms with E-state index >= 15 is 0 Å². The summed E-state index contributed by atoms with van der Waals surface area (Å²) in [6.07, 6.45) is 1.90. The van der Waals surface area contributed by atoms with Crippen LogP contribution in [0.15, 0.2) is 6.33 Å². The van der Waals surface area contributed by atoms with Crippen LogP contribution in [0.3, 0.4) is 0 Å². The van der Waals surface area contributed by atoms with E-state index in [0.717, 1.165) is 22.3 Å². The molecular formula is C15H23N5O. The topological polar surface area (TPSA) is 85.8 Å². The highest BCUT2D eigenvalue weighted by Crippen LogP contribution is 2.26. The number of hydrogen-bond acceptors (Lipinski definition) is 4. The number of aromatic nitrogens is 3. The molecule has 114 valence electrons. The minimum atomic E-state index is 0.0598. The van der Waals surface area contributed by atoms with Gasteiger partial charge in [-0.25, -0.2) is 9.97 Å². The van der Waals surface area contributed by atoms with Crippen molar-refractivity contribution >= 4 is 22.8 Å². The number of nitrogens with zero attached hydrogens (tertiary/aromatic N) is 3. The Labute approximate surface area is 124 Å². The van der Waals surface area contributed by atoms with Gasteiger partial charge in [-0.3, -0.25) is 4.79 Å². The van der Waals surface area contributed by atoms with Crippen molar-refractivity contribution in [3.8, 4) is 0 Å². The lowest BCUT2D eigenvalue weighted by Gasteiger charge is -2.10. The fraction of sp³-hybridized carbons (Fsp3) is 0.533. The number of carbonyl (C=O) groups excluding carboxylic acids is 1. The maximum atomic E-state index is 11.9. The number of hydrogen-bond donors (Lipinski definition) is 2. The molecule has 0 radical (unpaired) electrons. The predicted octanol–water partition coefficient (Wildman–Crippen LogP) is 1.79. The Morgan fingerprint density at radius 3 is 2.76 bits per heavy atom. The summed E-state index contributed by atoms with van der Waals surface area (Å²) in [5, 5.41) is 3.81. The zero-order chi connectivity index (χ0) is 15.6. The Hall–Kier alpha value is -2.11. The van der Waals surface area contributed by atoms with E-state index < -0.39 is 0 Å². The molecule has 6 heteroatoms. The van der Waals surface area contributed by atoms with Crippen LogP contribution in [-0.4, -0.2) is 27.0 Å². The molecule has 0 fully saturated rings. The number of nitrogen functional groups attached to an aromatic ring is 1. The highest BCUT2D eigenvalue weighted by atomic mass is 16.1. The van der Waals surface area contributed by atoms with E-state index in [9.17, 15) is 4.79 Å². The number of rotatable bonds is 5. The quantitative estimate of drug-likeness (QED) is 0.878. The standard InChI is InChI=1S/C15H23N5O/c1-9(2)7-17-12(21)5-6-20-11(4)10(3)13-14(16)18-8-19-15(13)20/h8-9H,5-7H2,1-4H3,(H,17,21)(H2,16,18,19). The van der Waals surface area contributed by atoms with Gasteiger partial charge in [0, 0.05) is 25.2 Å². The number of fused-ring (bicyclic) bond motifs is 1. The van der Waals surface area contributed by atoms with Gasteiger partial charge in [0.25, 0.3) is 0 Å². The Balaban J connectivity index is 2.18. The molecule has 0 saturated carbocycles. The molecule has 0 aromatic carbocycles. The van der Waals surface area contributed by atoms with E-state index in [4.69, 9.17) is 5.73 Å². The third-order valence-corrected chi connectivity index (χ3v) is 3.70. The summed E-state index contributed by atoms with van der Waals surface area (Å²) in [4.78, 5) is 20.2. The molecule has 3 N–H and O–H groups in total. The number of aryl methyl sites for hydroxylation is 2. The molecule has 0 aliphatic heterocycles. The largest absolute Gasteiger partial charge is 0.383 e. The Kier molecular flexibility index (Phi) is 4.45. The van der Waals surface area contributed by atoms with Crippen molar-refractivity contribution in [3.63, 3.8) is 0 Å². The molecule has 0 aliphatic rings. The van der Waals surface area contributed by atoms with Gasteiger partial charge >= 0.3 is 0 Å². The Morgan fingerprint density at radius 1 is 1.38 bits per heavy atom. The second kappa shape index (κ2) is 6.11. The first kappa shape index (κ1) is 15.3. The lowest BCUT2D eigenvalue weighted by atomic mass is 10.2. The summed E-state index contributed by atoms with van der Waals surface area (Å²) in [6, 6.07) is 0. The maximum absolute atomic E-state index is 11.9. The molecule has 0 spiro atoms. The van der Waals surface area contributed by atoms with Crippen molar-refractivity contribution in [3.05, 3.63) is 17.6 Å².